The number of rotatable bonds is 0. The summed E-state index contributed by atoms with van der Waals surface area (Å²) >= 11 is 0. The average Bonchev–Trinajstić information content (AvgIpc) is 1.25. The monoisotopic (exact) mass is 276 g/mol. The van der Waals surface area contributed by atoms with E-state index in [-0.39, 0.29) is 53.6 Å². The first kappa shape index (κ1) is 22.4. The first-order chi connectivity index (χ1) is 3.46. The maximum Gasteiger partial charge on any atom is 2.00 e. The van der Waals surface area contributed by atoms with Gasteiger partial charge in [-0.15, -0.1) is 0 Å². The third-order valence-corrected chi connectivity index (χ3v) is 0. The van der Waals surface area contributed by atoms with Crippen molar-refractivity contribution >= 4 is 60.8 Å². The molecule has 0 aliphatic heterocycles. The molecule has 0 aromatic heterocycles. The Labute approximate surface area is 98.1 Å². The molecule has 0 saturated carbocycles. The van der Waals surface area contributed by atoms with Crippen molar-refractivity contribution in [3.8, 4) is 0 Å². The first-order valence-electron chi connectivity index (χ1n) is 1.82. The molecular weight excluding hydrogens is 268 g/mol. The molecule has 0 atom stereocenters. The van der Waals surface area contributed by atoms with Crippen LogP contribution in [0.2, 0.25) is 0 Å². The molecule has 56 valence electrons. The van der Waals surface area contributed by atoms with Crippen molar-refractivity contribution in [3.05, 3.63) is 0 Å². The van der Waals surface area contributed by atoms with Crippen LogP contribution in [-0.4, -0.2) is 60.8 Å². The maximum atomic E-state index is 8.89. The number of halogens is 1. The smallest absolute Gasteiger partial charge is 0.550 e. The summed E-state index contributed by atoms with van der Waals surface area (Å²) < 4.78 is 0. The second kappa shape index (κ2) is 16.2. The van der Waals surface area contributed by atoms with E-state index in [9.17, 15) is 0 Å². The molecule has 0 rings (SSSR count). The molecule has 0 radical (unpaired) electrons. The van der Waals surface area contributed by atoms with Crippen molar-refractivity contribution in [2.75, 3.05) is 0 Å². The van der Waals surface area contributed by atoms with E-state index in [1.807, 2.05) is 0 Å². The normalized spacial score (nSPS) is 5.00. The minimum atomic E-state index is -1.08. The zero-order chi connectivity index (χ0) is 7.15. The number of aliphatic carboxylic acids is 2. The van der Waals surface area contributed by atoms with Crippen LogP contribution >= 0.6 is 0 Å². The van der Waals surface area contributed by atoms with E-state index in [1.54, 1.807) is 0 Å². The second-order valence-corrected chi connectivity index (χ2v) is 0.983. The Morgan fingerprint density at radius 2 is 1.00 bits per heavy atom. The summed E-state index contributed by atoms with van der Waals surface area (Å²) in [5, 5.41) is 17.8. The molecule has 0 aromatic rings. The van der Waals surface area contributed by atoms with Crippen molar-refractivity contribution in [2.45, 2.75) is 13.8 Å². The Balaban J connectivity index is -0.0000000300. The van der Waals surface area contributed by atoms with Gasteiger partial charge < -0.3 is 19.8 Å². The predicted molar refractivity (Wildman–Crippen MR) is 29.6 cm³/mol. The Bertz CT molecular complexity index is 75.3. The van der Waals surface area contributed by atoms with Crippen LogP contribution in [0.25, 0.3) is 0 Å². The van der Waals surface area contributed by atoms with Gasteiger partial charge in [-0.05, 0) is 13.8 Å². The SMILES string of the molecule is CC(=O)[O-].CC(=O)[O-].F.[Ba+2]. The van der Waals surface area contributed by atoms with E-state index < -0.39 is 11.9 Å². The zero-order valence-corrected chi connectivity index (χ0v) is 10.2. The summed E-state index contributed by atoms with van der Waals surface area (Å²) in [4.78, 5) is 17.8. The topological polar surface area (TPSA) is 80.3 Å². The third-order valence-electron chi connectivity index (χ3n) is 0. The quantitative estimate of drug-likeness (QED) is 0.450. The largest absolute Gasteiger partial charge is 2.00 e. The van der Waals surface area contributed by atoms with E-state index in [0.29, 0.717) is 0 Å². The summed E-state index contributed by atoms with van der Waals surface area (Å²) in [7, 11) is 0. The van der Waals surface area contributed by atoms with E-state index in [1.165, 1.54) is 0 Å². The molecule has 10 heavy (non-hydrogen) atoms. The van der Waals surface area contributed by atoms with Crippen LogP contribution in [0.15, 0.2) is 0 Å². The predicted octanol–water partition coefficient (Wildman–Crippen LogP) is -2.72. The molecule has 0 N–H and O–H groups in total. The standard InChI is InChI=1S/2C2H4O2.Ba.FH/c2*1-2(3)4;;/h2*1H3,(H,3,4);;1H/q;;+2;/p-2. The van der Waals surface area contributed by atoms with Gasteiger partial charge in [0.05, 0.1) is 0 Å². The minimum Gasteiger partial charge on any atom is -0.550 e. The summed E-state index contributed by atoms with van der Waals surface area (Å²) in [6, 6.07) is 0. The molecule has 0 amide bonds. The summed E-state index contributed by atoms with van der Waals surface area (Å²) in [6.07, 6.45) is 0. The first-order valence-corrected chi connectivity index (χ1v) is 1.82. The van der Waals surface area contributed by atoms with Crippen LogP contribution in [0, 0.1) is 0 Å². The van der Waals surface area contributed by atoms with Crippen molar-refractivity contribution < 1.29 is 24.5 Å². The third kappa shape index (κ3) is 2400. The maximum absolute atomic E-state index is 8.89. The molecule has 0 heterocycles. The van der Waals surface area contributed by atoms with Gasteiger partial charge in [0.25, 0.3) is 0 Å². The van der Waals surface area contributed by atoms with Crippen LogP contribution in [-0.2, 0) is 9.59 Å². The van der Waals surface area contributed by atoms with Crippen LogP contribution < -0.4 is 10.2 Å². The van der Waals surface area contributed by atoms with Gasteiger partial charge in [-0.2, -0.15) is 0 Å². The molecule has 0 saturated heterocycles. The van der Waals surface area contributed by atoms with E-state index in [2.05, 4.69) is 0 Å². The van der Waals surface area contributed by atoms with Crippen LogP contribution in [0.4, 0.5) is 4.70 Å². The average molecular weight is 275 g/mol. The van der Waals surface area contributed by atoms with E-state index in [0.717, 1.165) is 13.8 Å². The number of carboxylic acids is 2. The van der Waals surface area contributed by atoms with Gasteiger partial charge in [0, 0.05) is 11.9 Å². The van der Waals surface area contributed by atoms with Gasteiger partial charge in [0.15, 0.2) is 0 Å². The molecule has 0 aromatic carbocycles. The number of hydrogen-bond donors (Lipinski definition) is 0. The molecule has 0 bridgehead atoms. The number of carbonyl (C=O) groups excluding carboxylic acids is 2. The van der Waals surface area contributed by atoms with E-state index in [4.69, 9.17) is 19.8 Å². The van der Waals surface area contributed by atoms with Crippen molar-refractivity contribution in [3.63, 3.8) is 0 Å². The number of carboxylic acid groups (broad SMARTS) is 2. The molecule has 0 unspecified atom stereocenters. The molecule has 4 nitrogen and oxygen atoms in total. The summed E-state index contributed by atoms with van der Waals surface area (Å²) in [6.45, 7) is 1.94. The fourth-order valence-electron chi connectivity index (χ4n) is 0. The molecule has 0 aliphatic carbocycles. The Kier molecular flexibility index (Phi) is 36.4. The van der Waals surface area contributed by atoms with Gasteiger partial charge in [-0.3, -0.25) is 4.70 Å². The number of hydrogen-bond acceptors (Lipinski definition) is 4. The van der Waals surface area contributed by atoms with Gasteiger partial charge in [-0.1, -0.05) is 0 Å². The fraction of sp³-hybridized carbons (Fsp3) is 0.500. The van der Waals surface area contributed by atoms with Crippen molar-refractivity contribution in [1.82, 2.24) is 0 Å². The number of carbonyl (C=O) groups is 2. The van der Waals surface area contributed by atoms with Gasteiger partial charge >= 0.3 is 48.9 Å². The fourth-order valence-corrected chi connectivity index (χ4v) is 0. The molecular formula is C4H7BaFO4. The summed E-state index contributed by atoms with van der Waals surface area (Å²) in [5.41, 5.74) is 0. The summed E-state index contributed by atoms with van der Waals surface area (Å²) in [5.74, 6) is -2.17. The van der Waals surface area contributed by atoms with Crippen LogP contribution in [0.1, 0.15) is 13.8 Å². The minimum absolute atomic E-state index is 0. The van der Waals surface area contributed by atoms with Crippen LogP contribution in [0.3, 0.4) is 0 Å². The Morgan fingerprint density at radius 1 is 1.00 bits per heavy atom. The second-order valence-electron chi connectivity index (χ2n) is 0.983. The van der Waals surface area contributed by atoms with Gasteiger partial charge in [-0.25, -0.2) is 0 Å². The molecule has 6 heteroatoms. The van der Waals surface area contributed by atoms with Crippen LogP contribution in [0.5, 0.6) is 0 Å². The molecule has 0 aliphatic rings. The Morgan fingerprint density at radius 3 is 1.00 bits per heavy atom. The van der Waals surface area contributed by atoms with Crippen molar-refractivity contribution in [2.24, 2.45) is 0 Å². The Hall–Kier alpha value is 0.441. The van der Waals surface area contributed by atoms with Gasteiger partial charge in [0.1, 0.15) is 0 Å². The van der Waals surface area contributed by atoms with Crippen molar-refractivity contribution in [1.29, 1.82) is 0 Å². The molecule has 0 spiro atoms. The molecule has 0 fully saturated rings. The van der Waals surface area contributed by atoms with Gasteiger partial charge in [0.2, 0.25) is 0 Å². The van der Waals surface area contributed by atoms with E-state index >= 15 is 0 Å². The zero-order valence-electron chi connectivity index (χ0n) is 5.75.